The number of hydrogen-bond donors (Lipinski definition) is 0. The molecule has 3 aliphatic rings. The zero-order valence-electron chi connectivity index (χ0n) is 21.0. The van der Waals surface area contributed by atoms with Crippen LogP contribution in [0.15, 0.2) is 31.4 Å². The first kappa shape index (κ1) is 24.3. The van der Waals surface area contributed by atoms with Gasteiger partial charge in [-0.15, -0.1) is 0 Å². The molecule has 0 amide bonds. The molecule has 172 valence electrons. The summed E-state index contributed by atoms with van der Waals surface area (Å²) in [6.45, 7) is 17.2. The fourth-order valence-electron chi connectivity index (χ4n) is 7.51. The third-order valence-electron chi connectivity index (χ3n) is 9.36. The van der Waals surface area contributed by atoms with Crippen molar-refractivity contribution in [1.82, 2.24) is 0 Å². The molecule has 0 aromatic heterocycles. The average Bonchev–Trinajstić information content (AvgIpc) is 3.25. The van der Waals surface area contributed by atoms with Crippen molar-refractivity contribution in [2.24, 2.45) is 29.1 Å². The quantitative estimate of drug-likeness (QED) is 0.429. The van der Waals surface area contributed by atoms with Gasteiger partial charge in [-0.3, -0.25) is 0 Å². The van der Waals surface area contributed by atoms with Crippen molar-refractivity contribution in [3.63, 3.8) is 0 Å². The molecule has 3 saturated carbocycles. The van der Waals surface area contributed by atoms with Crippen molar-refractivity contribution in [3.8, 4) is 0 Å². The molecule has 0 nitrogen and oxygen atoms in total. The van der Waals surface area contributed by atoms with Crippen LogP contribution in [0.3, 0.4) is 0 Å². The molecular weight excluding hydrogens is 372 g/mol. The first-order valence-corrected chi connectivity index (χ1v) is 13.4. The van der Waals surface area contributed by atoms with E-state index < -0.39 is 0 Å². The molecule has 0 spiro atoms. The first-order chi connectivity index (χ1) is 15.1. The highest BCUT2D eigenvalue weighted by Gasteiger charge is 2.48. The Labute approximate surface area is 193 Å². The van der Waals surface area contributed by atoms with Crippen molar-refractivity contribution in [3.05, 3.63) is 48.0 Å². The molecule has 0 heterocycles. The van der Waals surface area contributed by atoms with Crippen LogP contribution in [0.4, 0.5) is 0 Å². The maximum Gasteiger partial charge on any atom is -0.0130 e. The number of rotatable bonds is 6. The molecule has 1 aromatic carbocycles. The van der Waals surface area contributed by atoms with Gasteiger partial charge in [-0.2, -0.15) is 0 Å². The van der Waals surface area contributed by atoms with Crippen molar-refractivity contribution < 1.29 is 0 Å². The Balaban J connectivity index is 0.00000132. The Morgan fingerprint density at radius 1 is 0.935 bits per heavy atom. The van der Waals surface area contributed by atoms with E-state index >= 15 is 0 Å². The van der Waals surface area contributed by atoms with Crippen molar-refractivity contribution >= 4 is 12.2 Å². The molecule has 4 rings (SSSR count). The molecule has 1 aromatic rings. The Morgan fingerprint density at radius 2 is 1.68 bits per heavy atom. The smallest absolute Gasteiger partial charge is 0.0130 e. The summed E-state index contributed by atoms with van der Waals surface area (Å²) in [6.07, 6.45) is 20.0. The molecular formula is C31H48. The lowest BCUT2D eigenvalue weighted by atomic mass is 9.59. The summed E-state index contributed by atoms with van der Waals surface area (Å²) in [7, 11) is 0. The van der Waals surface area contributed by atoms with E-state index in [-0.39, 0.29) is 0 Å². The minimum Gasteiger partial charge on any atom is -0.0984 e. The molecule has 0 N–H and O–H groups in total. The Morgan fingerprint density at radius 3 is 2.39 bits per heavy atom. The topological polar surface area (TPSA) is 0 Å². The van der Waals surface area contributed by atoms with E-state index in [1.165, 1.54) is 81.8 Å². The number of benzene rings is 1. The summed E-state index contributed by atoms with van der Waals surface area (Å²) in [5, 5.41) is 0. The third kappa shape index (κ3) is 5.20. The van der Waals surface area contributed by atoms with Gasteiger partial charge in [0, 0.05) is 0 Å². The summed E-state index contributed by atoms with van der Waals surface area (Å²) in [4.78, 5) is 0. The molecule has 6 atom stereocenters. The van der Waals surface area contributed by atoms with E-state index in [1.807, 2.05) is 26.0 Å². The molecule has 0 heteroatoms. The standard InChI is InChI=1S/C29H42.C2H6/c1-5-22-13-14-25(20-23(22)6-2)26-15-16-28-27(26)12-9-18-29(28,4)19-17-24-11-8-7-10-21(24)3;1-2/h5-6,13-14,20-21,24,26-28H,1-2,7-12,15-19H2,3-4H3;1-2H3. The van der Waals surface area contributed by atoms with Crippen LogP contribution >= 0.6 is 0 Å². The van der Waals surface area contributed by atoms with Crippen molar-refractivity contribution in [2.45, 2.75) is 104 Å². The molecule has 0 saturated heterocycles. The van der Waals surface area contributed by atoms with Gasteiger partial charge >= 0.3 is 0 Å². The number of hydrogen-bond acceptors (Lipinski definition) is 0. The fourth-order valence-corrected chi connectivity index (χ4v) is 7.51. The van der Waals surface area contributed by atoms with Gasteiger partial charge in [0.1, 0.15) is 0 Å². The summed E-state index contributed by atoms with van der Waals surface area (Å²) < 4.78 is 0. The van der Waals surface area contributed by atoms with Crippen LogP contribution in [-0.4, -0.2) is 0 Å². The third-order valence-corrected chi connectivity index (χ3v) is 9.36. The van der Waals surface area contributed by atoms with Crippen molar-refractivity contribution in [2.75, 3.05) is 0 Å². The van der Waals surface area contributed by atoms with E-state index in [2.05, 4.69) is 45.2 Å². The Bertz CT molecular complexity index is 728. The predicted molar refractivity (Wildman–Crippen MR) is 139 cm³/mol. The molecule has 0 bridgehead atoms. The van der Waals surface area contributed by atoms with Crippen LogP contribution in [0.25, 0.3) is 12.2 Å². The van der Waals surface area contributed by atoms with Gasteiger partial charge in [0.25, 0.3) is 0 Å². The van der Waals surface area contributed by atoms with E-state index in [1.54, 1.807) is 5.56 Å². The second-order valence-corrected chi connectivity index (χ2v) is 10.9. The first-order valence-electron chi connectivity index (χ1n) is 13.4. The van der Waals surface area contributed by atoms with Crippen LogP contribution < -0.4 is 0 Å². The molecule has 0 radical (unpaired) electrons. The van der Waals surface area contributed by atoms with Gasteiger partial charge in [-0.05, 0) is 90.2 Å². The molecule has 3 aliphatic carbocycles. The summed E-state index contributed by atoms with van der Waals surface area (Å²) in [5.41, 5.74) is 4.61. The highest BCUT2D eigenvalue weighted by molar-refractivity contribution is 5.64. The van der Waals surface area contributed by atoms with E-state index in [0.29, 0.717) is 5.41 Å². The van der Waals surface area contributed by atoms with Gasteiger partial charge in [0.05, 0.1) is 0 Å². The minimum absolute atomic E-state index is 0.581. The second-order valence-electron chi connectivity index (χ2n) is 10.9. The fraction of sp³-hybridized carbons (Fsp3) is 0.677. The Kier molecular flexibility index (Phi) is 8.65. The van der Waals surface area contributed by atoms with Gasteiger partial charge < -0.3 is 0 Å². The lowest BCUT2D eigenvalue weighted by Gasteiger charge is -2.46. The van der Waals surface area contributed by atoms with Gasteiger partial charge in [-0.1, -0.05) is 103 Å². The zero-order chi connectivity index (χ0) is 22.4. The molecule has 31 heavy (non-hydrogen) atoms. The molecule has 3 fully saturated rings. The average molecular weight is 421 g/mol. The monoisotopic (exact) mass is 420 g/mol. The minimum atomic E-state index is 0.581. The Hall–Kier alpha value is -1.30. The SMILES string of the molecule is C=Cc1ccc(C2CCC3C2CCCC3(C)CCC2CCCCC2C)cc1C=C.CC. The van der Waals surface area contributed by atoms with Crippen molar-refractivity contribution in [1.29, 1.82) is 0 Å². The van der Waals surface area contributed by atoms with Crippen LogP contribution in [-0.2, 0) is 0 Å². The summed E-state index contributed by atoms with van der Waals surface area (Å²) in [6, 6.07) is 7.05. The lowest BCUT2D eigenvalue weighted by Crippen LogP contribution is -2.36. The molecule has 6 unspecified atom stereocenters. The summed E-state index contributed by atoms with van der Waals surface area (Å²) in [5.74, 6) is 4.55. The largest absolute Gasteiger partial charge is 0.0984 e. The van der Waals surface area contributed by atoms with Gasteiger partial charge in [0.15, 0.2) is 0 Å². The summed E-state index contributed by atoms with van der Waals surface area (Å²) >= 11 is 0. The van der Waals surface area contributed by atoms with E-state index in [9.17, 15) is 0 Å². The second kappa shape index (κ2) is 11.0. The number of fused-ring (bicyclic) bond motifs is 1. The molecule has 0 aliphatic heterocycles. The maximum atomic E-state index is 4.04. The normalized spacial score (nSPS) is 34.9. The van der Waals surface area contributed by atoms with Crippen LogP contribution in [0, 0.1) is 29.1 Å². The lowest BCUT2D eigenvalue weighted by molar-refractivity contribution is 0.0519. The van der Waals surface area contributed by atoms with Crippen LogP contribution in [0.5, 0.6) is 0 Å². The van der Waals surface area contributed by atoms with Crippen LogP contribution in [0.2, 0.25) is 0 Å². The highest BCUT2D eigenvalue weighted by atomic mass is 14.5. The van der Waals surface area contributed by atoms with Crippen LogP contribution in [0.1, 0.15) is 121 Å². The van der Waals surface area contributed by atoms with E-state index in [4.69, 9.17) is 0 Å². The van der Waals surface area contributed by atoms with Gasteiger partial charge in [-0.25, -0.2) is 0 Å². The maximum absolute atomic E-state index is 4.04. The van der Waals surface area contributed by atoms with Gasteiger partial charge in [0.2, 0.25) is 0 Å². The zero-order valence-corrected chi connectivity index (χ0v) is 21.0. The predicted octanol–water partition coefficient (Wildman–Crippen LogP) is 9.91. The highest BCUT2D eigenvalue weighted by Crippen LogP contribution is 2.59. The van der Waals surface area contributed by atoms with E-state index in [0.717, 1.165) is 29.6 Å².